The number of benzene rings is 1. The molecule has 0 amide bonds. The lowest BCUT2D eigenvalue weighted by Crippen LogP contribution is -2.02. The Morgan fingerprint density at radius 1 is 1.11 bits per heavy atom. The number of ether oxygens (including phenoxy) is 1. The van der Waals surface area contributed by atoms with Gasteiger partial charge in [-0.15, -0.1) is 0 Å². The molecule has 4 nitrogen and oxygen atoms in total. The molecule has 2 unspecified atom stereocenters. The first-order valence-electron chi connectivity index (χ1n) is 6.57. The van der Waals surface area contributed by atoms with Crippen LogP contribution in [0.4, 0.5) is 0 Å². The maximum Gasteiger partial charge on any atom is 0.115 e. The SMILES string of the molecule is NCc1ccc(C2CCC(c3ccncn3)O2)cc1. The van der Waals surface area contributed by atoms with Gasteiger partial charge in [0, 0.05) is 12.7 Å². The van der Waals surface area contributed by atoms with Crippen LogP contribution in [0.2, 0.25) is 0 Å². The summed E-state index contributed by atoms with van der Waals surface area (Å²) in [7, 11) is 0. The molecule has 1 aliphatic rings. The lowest BCUT2D eigenvalue weighted by molar-refractivity contribution is 0.0416. The Morgan fingerprint density at radius 2 is 1.89 bits per heavy atom. The average Bonchev–Trinajstić information content (AvgIpc) is 2.98. The van der Waals surface area contributed by atoms with Crippen molar-refractivity contribution in [2.24, 2.45) is 5.73 Å². The van der Waals surface area contributed by atoms with E-state index in [0.29, 0.717) is 6.54 Å². The van der Waals surface area contributed by atoms with E-state index >= 15 is 0 Å². The summed E-state index contributed by atoms with van der Waals surface area (Å²) in [6, 6.07) is 10.3. The van der Waals surface area contributed by atoms with E-state index in [9.17, 15) is 0 Å². The fourth-order valence-electron chi connectivity index (χ4n) is 2.46. The zero-order chi connectivity index (χ0) is 13.1. The molecule has 0 aliphatic carbocycles. The number of hydrogen-bond acceptors (Lipinski definition) is 4. The molecule has 1 aliphatic heterocycles. The van der Waals surface area contributed by atoms with Gasteiger partial charge in [0.2, 0.25) is 0 Å². The quantitative estimate of drug-likeness (QED) is 0.915. The fraction of sp³-hybridized carbons (Fsp3) is 0.333. The Labute approximate surface area is 112 Å². The smallest absolute Gasteiger partial charge is 0.115 e. The van der Waals surface area contributed by atoms with E-state index in [1.165, 1.54) is 5.56 Å². The summed E-state index contributed by atoms with van der Waals surface area (Å²) in [6.07, 6.45) is 5.60. The van der Waals surface area contributed by atoms with Crippen molar-refractivity contribution in [3.05, 3.63) is 59.7 Å². The predicted molar refractivity (Wildman–Crippen MR) is 72.2 cm³/mol. The Hall–Kier alpha value is -1.78. The van der Waals surface area contributed by atoms with Crippen LogP contribution in [-0.2, 0) is 11.3 Å². The normalized spacial score (nSPS) is 22.6. The fourth-order valence-corrected chi connectivity index (χ4v) is 2.46. The molecule has 1 saturated heterocycles. The van der Waals surface area contributed by atoms with Crippen LogP contribution in [0.25, 0.3) is 0 Å². The Bertz CT molecular complexity index is 527. The highest BCUT2D eigenvalue weighted by atomic mass is 16.5. The van der Waals surface area contributed by atoms with Crippen molar-refractivity contribution in [2.75, 3.05) is 0 Å². The third-order valence-electron chi connectivity index (χ3n) is 3.54. The van der Waals surface area contributed by atoms with E-state index in [4.69, 9.17) is 10.5 Å². The first-order valence-corrected chi connectivity index (χ1v) is 6.57. The van der Waals surface area contributed by atoms with Crippen LogP contribution in [0.1, 0.15) is 41.9 Å². The third-order valence-corrected chi connectivity index (χ3v) is 3.54. The molecule has 0 radical (unpaired) electrons. The molecule has 19 heavy (non-hydrogen) atoms. The molecular weight excluding hydrogens is 238 g/mol. The maximum absolute atomic E-state index is 6.09. The highest BCUT2D eigenvalue weighted by Gasteiger charge is 2.28. The van der Waals surface area contributed by atoms with E-state index in [2.05, 4.69) is 34.2 Å². The molecule has 1 fully saturated rings. The summed E-state index contributed by atoms with van der Waals surface area (Å²) in [5.74, 6) is 0. The summed E-state index contributed by atoms with van der Waals surface area (Å²) >= 11 is 0. The largest absolute Gasteiger partial charge is 0.364 e. The predicted octanol–water partition coefficient (Wildman–Crippen LogP) is 2.53. The van der Waals surface area contributed by atoms with Gasteiger partial charge in [0.1, 0.15) is 12.4 Å². The minimum atomic E-state index is 0.0854. The first-order chi connectivity index (χ1) is 9.36. The van der Waals surface area contributed by atoms with Gasteiger partial charge >= 0.3 is 0 Å². The van der Waals surface area contributed by atoms with Crippen molar-refractivity contribution >= 4 is 0 Å². The molecule has 2 atom stereocenters. The van der Waals surface area contributed by atoms with E-state index < -0.39 is 0 Å². The van der Waals surface area contributed by atoms with Crippen molar-refractivity contribution in [2.45, 2.75) is 31.6 Å². The van der Waals surface area contributed by atoms with E-state index in [1.807, 2.05) is 6.07 Å². The van der Waals surface area contributed by atoms with Crippen molar-refractivity contribution in [1.82, 2.24) is 9.97 Å². The zero-order valence-corrected chi connectivity index (χ0v) is 10.7. The van der Waals surface area contributed by atoms with Crippen LogP contribution in [0.3, 0.4) is 0 Å². The molecule has 3 rings (SSSR count). The van der Waals surface area contributed by atoms with Crippen LogP contribution in [0.15, 0.2) is 42.9 Å². The summed E-state index contributed by atoms with van der Waals surface area (Å²) < 4.78 is 6.09. The van der Waals surface area contributed by atoms with Crippen LogP contribution in [-0.4, -0.2) is 9.97 Å². The lowest BCUT2D eigenvalue weighted by Gasteiger charge is -2.13. The highest BCUT2D eigenvalue weighted by molar-refractivity contribution is 5.25. The summed E-state index contributed by atoms with van der Waals surface area (Å²) in [6.45, 7) is 0.579. The molecule has 2 aromatic rings. The molecule has 0 bridgehead atoms. The van der Waals surface area contributed by atoms with Gasteiger partial charge in [0.05, 0.1) is 11.8 Å². The second-order valence-electron chi connectivity index (χ2n) is 4.77. The highest BCUT2D eigenvalue weighted by Crippen LogP contribution is 2.39. The van der Waals surface area contributed by atoms with Crippen LogP contribution in [0, 0.1) is 0 Å². The second-order valence-corrected chi connectivity index (χ2v) is 4.77. The lowest BCUT2D eigenvalue weighted by atomic mass is 10.0. The molecule has 2 N–H and O–H groups in total. The van der Waals surface area contributed by atoms with Gasteiger partial charge in [-0.25, -0.2) is 9.97 Å². The van der Waals surface area contributed by atoms with Crippen molar-refractivity contribution in [1.29, 1.82) is 0 Å². The average molecular weight is 255 g/mol. The molecule has 2 heterocycles. The summed E-state index contributed by atoms with van der Waals surface area (Å²) in [4.78, 5) is 8.20. The van der Waals surface area contributed by atoms with Gasteiger partial charge < -0.3 is 10.5 Å². The number of aromatic nitrogens is 2. The summed E-state index contributed by atoms with van der Waals surface area (Å²) in [5, 5.41) is 0. The number of nitrogens with zero attached hydrogens (tertiary/aromatic N) is 2. The minimum Gasteiger partial charge on any atom is -0.364 e. The van der Waals surface area contributed by atoms with E-state index in [-0.39, 0.29) is 12.2 Å². The molecule has 0 saturated carbocycles. The molecule has 4 heteroatoms. The molecule has 1 aromatic heterocycles. The maximum atomic E-state index is 6.09. The second kappa shape index (κ2) is 5.47. The molecular formula is C15H17N3O. The van der Waals surface area contributed by atoms with Gasteiger partial charge in [0.25, 0.3) is 0 Å². The van der Waals surface area contributed by atoms with Gasteiger partial charge in [0.15, 0.2) is 0 Å². The Morgan fingerprint density at radius 3 is 2.58 bits per heavy atom. The Balaban J connectivity index is 1.71. The first kappa shape index (κ1) is 12.3. The van der Waals surface area contributed by atoms with Crippen molar-refractivity contribution in [3.8, 4) is 0 Å². The topological polar surface area (TPSA) is 61.0 Å². The standard InChI is InChI=1S/C15H17N3O/c16-9-11-1-3-12(4-2-11)14-5-6-15(19-14)13-7-8-17-10-18-13/h1-4,7-8,10,14-15H,5-6,9,16H2. The van der Waals surface area contributed by atoms with Crippen molar-refractivity contribution < 1.29 is 4.74 Å². The molecule has 98 valence electrons. The molecule has 1 aromatic carbocycles. The number of nitrogens with two attached hydrogens (primary N) is 1. The van der Waals surface area contributed by atoms with Crippen LogP contribution < -0.4 is 5.73 Å². The Kier molecular flexibility index (Phi) is 3.53. The minimum absolute atomic E-state index is 0.0854. The zero-order valence-electron chi connectivity index (χ0n) is 10.7. The van der Waals surface area contributed by atoms with Crippen LogP contribution in [0.5, 0.6) is 0 Å². The molecule has 0 spiro atoms. The van der Waals surface area contributed by atoms with Crippen molar-refractivity contribution in [3.63, 3.8) is 0 Å². The van der Waals surface area contributed by atoms with Gasteiger partial charge in [-0.05, 0) is 30.0 Å². The van der Waals surface area contributed by atoms with Gasteiger partial charge in [-0.2, -0.15) is 0 Å². The van der Waals surface area contributed by atoms with Crippen LogP contribution >= 0.6 is 0 Å². The van der Waals surface area contributed by atoms with E-state index in [0.717, 1.165) is 24.1 Å². The third kappa shape index (κ3) is 2.64. The summed E-state index contributed by atoms with van der Waals surface area (Å²) in [5.41, 5.74) is 8.94. The van der Waals surface area contributed by atoms with Gasteiger partial charge in [-0.1, -0.05) is 24.3 Å². The monoisotopic (exact) mass is 255 g/mol. The number of hydrogen-bond donors (Lipinski definition) is 1. The number of rotatable bonds is 3. The van der Waals surface area contributed by atoms with E-state index in [1.54, 1.807) is 12.5 Å². The van der Waals surface area contributed by atoms with Gasteiger partial charge in [-0.3, -0.25) is 0 Å².